The molecule has 78 valence electrons. The number of quaternary nitrogens is 1. The van der Waals surface area contributed by atoms with E-state index in [4.69, 9.17) is 5.11 Å². The molecule has 1 rings (SSSR count). The lowest BCUT2D eigenvalue weighted by molar-refractivity contribution is -0.736. The van der Waals surface area contributed by atoms with Crippen molar-refractivity contribution in [3.05, 3.63) is 35.6 Å². The second kappa shape index (κ2) is 4.53. The van der Waals surface area contributed by atoms with Crippen LogP contribution in [0.25, 0.3) is 0 Å². The van der Waals surface area contributed by atoms with Crippen LogP contribution < -0.4 is 5.32 Å². The van der Waals surface area contributed by atoms with Crippen LogP contribution in [0.5, 0.6) is 0 Å². The van der Waals surface area contributed by atoms with Crippen LogP contribution in [-0.2, 0) is 6.54 Å². The first-order valence-electron chi connectivity index (χ1n) is 4.73. The topological polar surface area (TPSA) is 36.8 Å². The number of halogens is 1. The van der Waals surface area contributed by atoms with Gasteiger partial charge in [-0.25, -0.2) is 4.39 Å². The molecule has 0 saturated carbocycles. The van der Waals surface area contributed by atoms with Gasteiger partial charge in [-0.1, -0.05) is 12.1 Å². The average Bonchev–Trinajstić information content (AvgIpc) is 2.17. The summed E-state index contributed by atoms with van der Waals surface area (Å²) in [5, 5.41) is 11.1. The number of hydrogen-bond donors (Lipinski definition) is 2. The van der Waals surface area contributed by atoms with Crippen molar-refractivity contribution in [3.8, 4) is 0 Å². The van der Waals surface area contributed by atoms with Crippen LogP contribution in [0.15, 0.2) is 24.3 Å². The highest BCUT2D eigenvalue weighted by Crippen LogP contribution is 2.01. The lowest BCUT2D eigenvalue weighted by Crippen LogP contribution is -2.95. The molecule has 0 aliphatic rings. The minimum atomic E-state index is -0.213. The molecule has 3 N–H and O–H groups in total. The SMILES string of the molecule is CC(C)(CO)[NH2+]Cc1ccc(F)cc1. The predicted octanol–water partition coefficient (Wildman–Crippen LogP) is 0.660. The first-order chi connectivity index (χ1) is 6.53. The highest BCUT2D eigenvalue weighted by atomic mass is 19.1. The zero-order chi connectivity index (χ0) is 10.6. The van der Waals surface area contributed by atoms with Crippen LogP contribution in [0, 0.1) is 5.82 Å². The predicted molar refractivity (Wildman–Crippen MR) is 53.2 cm³/mol. The molecule has 0 bridgehead atoms. The number of nitrogens with two attached hydrogens (primary N) is 1. The second-order valence-electron chi connectivity index (χ2n) is 4.18. The highest BCUT2D eigenvalue weighted by Gasteiger charge is 2.18. The molecule has 0 radical (unpaired) electrons. The number of aliphatic hydroxyl groups excluding tert-OH is 1. The number of benzene rings is 1. The van der Waals surface area contributed by atoms with E-state index < -0.39 is 0 Å². The molecular formula is C11H17FNO+. The maximum absolute atomic E-state index is 12.6. The maximum atomic E-state index is 12.6. The maximum Gasteiger partial charge on any atom is 0.123 e. The molecule has 0 heterocycles. The van der Waals surface area contributed by atoms with E-state index in [0.717, 1.165) is 12.1 Å². The van der Waals surface area contributed by atoms with Crippen molar-refractivity contribution in [1.82, 2.24) is 0 Å². The highest BCUT2D eigenvalue weighted by molar-refractivity contribution is 5.14. The number of rotatable bonds is 4. The van der Waals surface area contributed by atoms with Crippen molar-refractivity contribution >= 4 is 0 Å². The van der Waals surface area contributed by atoms with Gasteiger partial charge in [0.15, 0.2) is 0 Å². The van der Waals surface area contributed by atoms with Gasteiger partial charge in [0.2, 0.25) is 0 Å². The first kappa shape index (κ1) is 11.1. The summed E-state index contributed by atoms with van der Waals surface area (Å²) in [7, 11) is 0. The molecule has 2 nitrogen and oxygen atoms in total. The Kier molecular flexibility index (Phi) is 3.61. The van der Waals surface area contributed by atoms with E-state index in [1.807, 2.05) is 19.2 Å². The molecule has 14 heavy (non-hydrogen) atoms. The van der Waals surface area contributed by atoms with Gasteiger partial charge in [-0.15, -0.1) is 0 Å². The van der Waals surface area contributed by atoms with Gasteiger partial charge in [0.25, 0.3) is 0 Å². The van der Waals surface area contributed by atoms with Crippen LogP contribution in [0.1, 0.15) is 19.4 Å². The zero-order valence-electron chi connectivity index (χ0n) is 8.63. The molecule has 0 amide bonds. The minimum Gasteiger partial charge on any atom is -0.390 e. The van der Waals surface area contributed by atoms with Crippen molar-refractivity contribution in [2.45, 2.75) is 25.9 Å². The number of hydrogen-bond acceptors (Lipinski definition) is 1. The van der Waals surface area contributed by atoms with Crippen LogP contribution in [-0.4, -0.2) is 17.3 Å². The molecule has 0 spiro atoms. The third-order valence-corrected chi connectivity index (χ3v) is 2.21. The fraction of sp³-hybridized carbons (Fsp3) is 0.455. The fourth-order valence-electron chi connectivity index (χ4n) is 1.08. The monoisotopic (exact) mass is 198 g/mol. The number of aliphatic hydroxyl groups is 1. The van der Waals surface area contributed by atoms with E-state index in [9.17, 15) is 4.39 Å². The molecule has 0 saturated heterocycles. The third kappa shape index (κ3) is 3.44. The van der Waals surface area contributed by atoms with Gasteiger partial charge in [0, 0.05) is 5.56 Å². The van der Waals surface area contributed by atoms with Gasteiger partial charge in [0.05, 0.1) is 6.61 Å². The summed E-state index contributed by atoms with van der Waals surface area (Å²) in [6, 6.07) is 6.43. The molecule has 3 heteroatoms. The van der Waals surface area contributed by atoms with Crippen LogP contribution in [0.3, 0.4) is 0 Å². The Morgan fingerprint density at radius 1 is 1.29 bits per heavy atom. The van der Waals surface area contributed by atoms with Crippen molar-refractivity contribution in [2.75, 3.05) is 6.61 Å². The minimum absolute atomic E-state index is 0.133. The standard InChI is InChI=1S/C11H16FNO/c1-11(2,8-14)13-7-9-3-5-10(12)6-4-9/h3-6,13-14H,7-8H2,1-2H3/p+1. The first-order valence-corrected chi connectivity index (χ1v) is 4.73. The molecule has 1 aromatic carbocycles. The smallest absolute Gasteiger partial charge is 0.123 e. The Balaban J connectivity index is 2.50. The Morgan fingerprint density at radius 3 is 2.36 bits per heavy atom. The van der Waals surface area contributed by atoms with Gasteiger partial charge in [0.1, 0.15) is 17.9 Å². The van der Waals surface area contributed by atoms with E-state index in [2.05, 4.69) is 0 Å². The molecule has 0 fully saturated rings. The molecule has 0 unspecified atom stereocenters. The van der Waals surface area contributed by atoms with Crippen molar-refractivity contribution in [3.63, 3.8) is 0 Å². The zero-order valence-corrected chi connectivity index (χ0v) is 8.63. The van der Waals surface area contributed by atoms with E-state index >= 15 is 0 Å². The van der Waals surface area contributed by atoms with Crippen LogP contribution >= 0.6 is 0 Å². The molecule has 0 aliphatic carbocycles. The van der Waals surface area contributed by atoms with E-state index in [0.29, 0.717) is 0 Å². The average molecular weight is 198 g/mol. The third-order valence-electron chi connectivity index (χ3n) is 2.21. The van der Waals surface area contributed by atoms with Crippen molar-refractivity contribution in [2.24, 2.45) is 0 Å². The van der Waals surface area contributed by atoms with E-state index in [1.165, 1.54) is 12.1 Å². The molecule has 0 aliphatic heterocycles. The summed E-state index contributed by atoms with van der Waals surface area (Å²) in [6.45, 7) is 4.83. The summed E-state index contributed by atoms with van der Waals surface area (Å²) in [4.78, 5) is 0. The van der Waals surface area contributed by atoms with Gasteiger partial charge in [-0.3, -0.25) is 0 Å². The summed E-state index contributed by atoms with van der Waals surface area (Å²) >= 11 is 0. The summed E-state index contributed by atoms with van der Waals surface area (Å²) < 4.78 is 12.6. The fourth-order valence-corrected chi connectivity index (χ4v) is 1.08. The quantitative estimate of drug-likeness (QED) is 0.732. The molecule has 0 aromatic heterocycles. The Hall–Kier alpha value is -0.930. The lowest BCUT2D eigenvalue weighted by atomic mass is 10.1. The van der Waals surface area contributed by atoms with Gasteiger partial charge in [-0.05, 0) is 26.0 Å². The lowest BCUT2D eigenvalue weighted by Gasteiger charge is -2.19. The van der Waals surface area contributed by atoms with Crippen molar-refractivity contribution < 1.29 is 14.8 Å². The Bertz CT molecular complexity index is 282. The molecule has 0 atom stereocenters. The Labute approximate surface area is 83.8 Å². The van der Waals surface area contributed by atoms with Crippen LogP contribution in [0.2, 0.25) is 0 Å². The second-order valence-corrected chi connectivity index (χ2v) is 4.18. The summed E-state index contributed by atoms with van der Waals surface area (Å²) in [5.41, 5.74) is 0.891. The van der Waals surface area contributed by atoms with E-state index in [1.54, 1.807) is 12.1 Å². The van der Waals surface area contributed by atoms with Crippen LogP contribution in [0.4, 0.5) is 4.39 Å². The van der Waals surface area contributed by atoms with Gasteiger partial charge in [-0.2, -0.15) is 0 Å². The normalized spacial score (nSPS) is 11.7. The molecule has 1 aromatic rings. The molecular weight excluding hydrogens is 181 g/mol. The summed E-state index contributed by atoms with van der Waals surface area (Å²) in [5.74, 6) is -0.213. The largest absolute Gasteiger partial charge is 0.390 e. The van der Waals surface area contributed by atoms with Crippen molar-refractivity contribution in [1.29, 1.82) is 0 Å². The summed E-state index contributed by atoms with van der Waals surface area (Å²) in [6.07, 6.45) is 0. The Morgan fingerprint density at radius 2 is 1.86 bits per heavy atom. The van der Waals surface area contributed by atoms with Gasteiger partial charge >= 0.3 is 0 Å². The van der Waals surface area contributed by atoms with E-state index in [-0.39, 0.29) is 18.0 Å². The van der Waals surface area contributed by atoms with Gasteiger partial charge < -0.3 is 10.4 Å².